The summed E-state index contributed by atoms with van der Waals surface area (Å²) in [6, 6.07) is 0. The average molecular weight is 350 g/mol. The number of methoxy groups -OCH3 is 1. The molecule has 0 aromatic heterocycles. The van der Waals surface area contributed by atoms with Crippen LogP contribution in [0.1, 0.15) is 59.3 Å². The van der Waals surface area contributed by atoms with Crippen molar-refractivity contribution in [2.45, 2.75) is 59.3 Å². The molecular formula is C20H30O5. The number of carbonyl (C=O) groups is 2. The fraction of sp³-hybridized carbons (Fsp3) is 0.800. The fourth-order valence-electron chi connectivity index (χ4n) is 5.55. The molecule has 0 N–H and O–H groups in total. The van der Waals surface area contributed by atoms with E-state index in [1.54, 1.807) is 0 Å². The van der Waals surface area contributed by atoms with E-state index in [1.807, 2.05) is 20.8 Å². The molecule has 2 unspecified atom stereocenters. The lowest BCUT2D eigenvalue weighted by Gasteiger charge is -2.60. The van der Waals surface area contributed by atoms with Crippen LogP contribution in [0.5, 0.6) is 0 Å². The molecule has 0 radical (unpaired) electrons. The van der Waals surface area contributed by atoms with E-state index in [4.69, 9.17) is 14.2 Å². The number of ether oxygens (including phenoxy) is 3. The van der Waals surface area contributed by atoms with Gasteiger partial charge in [-0.05, 0) is 77.7 Å². The lowest BCUT2D eigenvalue weighted by molar-refractivity contribution is -0.190. The zero-order chi connectivity index (χ0) is 18.5. The van der Waals surface area contributed by atoms with Crippen molar-refractivity contribution in [1.82, 2.24) is 0 Å². The molecular weight excluding hydrogens is 320 g/mol. The van der Waals surface area contributed by atoms with Crippen LogP contribution in [0.2, 0.25) is 0 Å². The Morgan fingerprint density at radius 1 is 1.12 bits per heavy atom. The van der Waals surface area contributed by atoms with E-state index in [1.165, 1.54) is 13.5 Å². The molecule has 0 aromatic carbocycles. The van der Waals surface area contributed by atoms with Gasteiger partial charge in [-0.15, -0.1) is 0 Å². The van der Waals surface area contributed by atoms with Gasteiger partial charge < -0.3 is 14.2 Å². The Morgan fingerprint density at radius 2 is 1.72 bits per heavy atom. The Labute approximate surface area is 150 Å². The minimum Gasteiger partial charge on any atom is -0.469 e. The van der Waals surface area contributed by atoms with E-state index in [9.17, 15) is 9.59 Å². The summed E-state index contributed by atoms with van der Waals surface area (Å²) in [6.07, 6.45) is 5.74. The van der Waals surface area contributed by atoms with E-state index in [2.05, 4.69) is 6.58 Å². The second-order valence-electron chi connectivity index (χ2n) is 9.53. The maximum atomic E-state index is 12.8. The van der Waals surface area contributed by atoms with Gasteiger partial charge in [-0.2, -0.15) is 0 Å². The molecule has 4 bridgehead atoms. The summed E-state index contributed by atoms with van der Waals surface area (Å²) in [6.45, 7) is 9.62. The Morgan fingerprint density at radius 3 is 2.24 bits per heavy atom. The highest BCUT2D eigenvalue weighted by atomic mass is 16.7. The van der Waals surface area contributed by atoms with Gasteiger partial charge in [-0.3, -0.25) is 9.59 Å². The molecule has 0 aromatic rings. The zero-order valence-electron chi connectivity index (χ0n) is 15.9. The molecule has 0 saturated heterocycles. The molecule has 4 fully saturated rings. The minimum absolute atomic E-state index is 0.0500. The normalized spacial score (nSPS) is 36.0. The predicted molar refractivity (Wildman–Crippen MR) is 92.2 cm³/mol. The van der Waals surface area contributed by atoms with Crippen molar-refractivity contribution < 1.29 is 23.8 Å². The van der Waals surface area contributed by atoms with E-state index in [0.29, 0.717) is 18.4 Å². The molecule has 5 nitrogen and oxygen atoms in total. The maximum Gasteiger partial charge on any atom is 0.319 e. The number of esters is 2. The quantitative estimate of drug-likeness (QED) is 0.557. The van der Waals surface area contributed by atoms with Crippen molar-refractivity contribution in [2.24, 2.45) is 28.1 Å². The summed E-state index contributed by atoms with van der Waals surface area (Å²) in [5, 5.41) is 0. The molecule has 25 heavy (non-hydrogen) atoms. The van der Waals surface area contributed by atoms with Gasteiger partial charge in [0.25, 0.3) is 5.95 Å². The van der Waals surface area contributed by atoms with Crippen molar-refractivity contribution in [3.05, 3.63) is 12.5 Å². The summed E-state index contributed by atoms with van der Waals surface area (Å²) in [4.78, 5) is 25.0. The largest absolute Gasteiger partial charge is 0.469 e. The molecule has 5 heteroatoms. The topological polar surface area (TPSA) is 61.8 Å². The van der Waals surface area contributed by atoms with Gasteiger partial charge in [0.15, 0.2) is 0 Å². The number of rotatable bonds is 5. The lowest BCUT2D eigenvalue weighted by atomic mass is 9.44. The molecule has 4 aliphatic carbocycles. The third-order valence-corrected chi connectivity index (χ3v) is 6.17. The van der Waals surface area contributed by atoms with E-state index in [-0.39, 0.29) is 23.3 Å². The SMILES string of the molecule is C=C(OC)OC(=O)C12CC3CC(CC(COC(=O)C(C)(C)C)(C3)C1)C2. The van der Waals surface area contributed by atoms with Crippen LogP contribution in [-0.2, 0) is 23.8 Å². The second kappa shape index (κ2) is 6.03. The van der Waals surface area contributed by atoms with Crippen molar-refractivity contribution in [3.8, 4) is 0 Å². The maximum absolute atomic E-state index is 12.8. The zero-order valence-corrected chi connectivity index (χ0v) is 15.9. The third-order valence-electron chi connectivity index (χ3n) is 6.17. The van der Waals surface area contributed by atoms with Gasteiger partial charge in [0.2, 0.25) is 0 Å². The molecule has 2 atom stereocenters. The van der Waals surface area contributed by atoms with E-state index < -0.39 is 10.8 Å². The highest BCUT2D eigenvalue weighted by Gasteiger charge is 2.61. The molecule has 4 rings (SSSR count). The highest BCUT2D eigenvalue weighted by Crippen LogP contribution is 2.65. The van der Waals surface area contributed by atoms with Crippen molar-refractivity contribution >= 4 is 11.9 Å². The smallest absolute Gasteiger partial charge is 0.319 e. The number of carbonyl (C=O) groups excluding carboxylic acids is 2. The molecule has 4 saturated carbocycles. The Hall–Kier alpha value is -1.52. The van der Waals surface area contributed by atoms with Crippen LogP contribution < -0.4 is 0 Å². The molecule has 0 amide bonds. The fourth-order valence-corrected chi connectivity index (χ4v) is 5.55. The second-order valence-corrected chi connectivity index (χ2v) is 9.53. The molecule has 0 aliphatic heterocycles. The Balaban J connectivity index is 1.75. The van der Waals surface area contributed by atoms with E-state index >= 15 is 0 Å². The van der Waals surface area contributed by atoms with Crippen LogP contribution in [-0.4, -0.2) is 25.7 Å². The van der Waals surface area contributed by atoms with Crippen LogP contribution in [0.25, 0.3) is 0 Å². The summed E-state index contributed by atoms with van der Waals surface area (Å²) in [7, 11) is 1.45. The first-order valence-electron chi connectivity index (χ1n) is 9.20. The van der Waals surface area contributed by atoms with Gasteiger partial charge in [-0.1, -0.05) is 0 Å². The first-order valence-corrected chi connectivity index (χ1v) is 9.20. The van der Waals surface area contributed by atoms with Crippen LogP contribution in [0.15, 0.2) is 12.5 Å². The Kier molecular flexibility index (Phi) is 4.41. The third kappa shape index (κ3) is 3.42. The first-order chi connectivity index (χ1) is 11.6. The first kappa shape index (κ1) is 18.3. The van der Waals surface area contributed by atoms with Crippen LogP contribution in [0, 0.1) is 28.1 Å². The average Bonchev–Trinajstić information content (AvgIpc) is 2.50. The van der Waals surface area contributed by atoms with Gasteiger partial charge in [-0.25, -0.2) is 0 Å². The van der Waals surface area contributed by atoms with Crippen molar-refractivity contribution in [3.63, 3.8) is 0 Å². The lowest BCUT2D eigenvalue weighted by Crippen LogP contribution is -2.57. The van der Waals surface area contributed by atoms with Crippen molar-refractivity contribution in [1.29, 1.82) is 0 Å². The summed E-state index contributed by atoms with van der Waals surface area (Å²) in [5.74, 6) is 0.678. The van der Waals surface area contributed by atoms with Gasteiger partial charge in [0.1, 0.15) is 0 Å². The molecule has 0 heterocycles. The number of hydrogen-bond donors (Lipinski definition) is 0. The number of hydrogen-bond acceptors (Lipinski definition) is 5. The van der Waals surface area contributed by atoms with E-state index in [0.717, 1.165) is 32.1 Å². The molecule has 4 aliphatic rings. The van der Waals surface area contributed by atoms with Crippen LogP contribution >= 0.6 is 0 Å². The van der Waals surface area contributed by atoms with Crippen LogP contribution in [0.3, 0.4) is 0 Å². The molecule has 140 valence electrons. The van der Waals surface area contributed by atoms with Crippen molar-refractivity contribution in [2.75, 3.05) is 13.7 Å². The Bertz CT molecular complexity index is 571. The predicted octanol–water partition coefficient (Wildman–Crippen LogP) is 3.82. The minimum atomic E-state index is -0.505. The monoisotopic (exact) mass is 350 g/mol. The van der Waals surface area contributed by atoms with Gasteiger partial charge in [0, 0.05) is 5.41 Å². The summed E-state index contributed by atoms with van der Waals surface area (Å²) >= 11 is 0. The summed E-state index contributed by atoms with van der Waals surface area (Å²) in [5.41, 5.74) is -1.06. The van der Waals surface area contributed by atoms with Gasteiger partial charge in [0.05, 0.1) is 24.5 Å². The van der Waals surface area contributed by atoms with Crippen LogP contribution in [0.4, 0.5) is 0 Å². The summed E-state index contributed by atoms with van der Waals surface area (Å²) < 4.78 is 15.9. The standard InChI is InChI=1S/C20H30O5/c1-13(23-5)25-17(22)20-9-14-6-15(10-20)8-19(7-14,11-20)12-24-16(21)18(2,3)4/h14-15H,1,6-12H2,2-5H3. The van der Waals surface area contributed by atoms with Gasteiger partial charge >= 0.3 is 11.9 Å². The highest BCUT2D eigenvalue weighted by molar-refractivity contribution is 5.78. The molecule has 0 spiro atoms.